The van der Waals surface area contributed by atoms with Gasteiger partial charge in [0.1, 0.15) is 0 Å². The number of methoxy groups -OCH3 is 3. The van der Waals surface area contributed by atoms with Gasteiger partial charge >= 0.3 is 0 Å². The molecule has 1 amide bonds. The first kappa shape index (κ1) is 22.8. The van der Waals surface area contributed by atoms with Crippen LogP contribution in [0.15, 0.2) is 36.4 Å². The lowest BCUT2D eigenvalue weighted by molar-refractivity contribution is 0.0983. The number of hydrogen-bond acceptors (Lipinski definition) is 5. The van der Waals surface area contributed by atoms with E-state index in [9.17, 15) is 4.79 Å². The Morgan fingerprint density at radius 2 is 1.45 bits per heavy atom. The van der Waals surface area contributed by atoms with E-state index < -0.39 is 0 Å². The second-order valence-electron chi connectivity index (χ2n) is 6.37. The summed E-state index contributed by atoms with van der Waals surface area (Å²) in [6, 6.07) is 10.6. The van der Waals surface area contributed by atoms with E-state index in [-0.39, 0.29) is 5.91 Å². The van der Waals surface area contributed by atoms with Gasteiger partial charge in [-0.05, 0) is 49.5 Å². The smallest absolute Gasteiger partial charge is 0.258 e. The van der Waals surface area contributed by atoms with E-state index in [2.05, 4.69) is 18.7 Å². The number of hydrogen-bond donors (Lipinski definition) is 0. The third kappa shape index (κ3) is 5.55. The molecule has 0 aliphatic heterocycles. The average molecular weight is 421 g/mol. The van der Waals surface area contributed by atoms with Gasteiger partial charge in [-0.15, -0.1) is 0 Å². The van der Waals surface area contributed by atoms with Gasteiger partial charge in [0.25, 0.3) is 5.91 Å². The second kappa shape index (κ2) is 10.9. The molecule has 0 N–H and O–H groups in total. The fourth-order valence-electron chi connectivity index (χ4n) is 3.11. The highest BCUT2D eigenvalue weighted by atomic mass is 35.5. The third-order valence-corrected chi connectivity index (χ3v) is 5.08. The first-order chi connectivity index (χ1) is 14.0. The SMILES string of the molecule is CCN(CC)CCN(C(=O)c1cc(OC)c(OC)c(OC)c1)c1ccc(Cl)cc1. The largest absolute Gasteiger partial charge is 0.493 e. The number of carbonyl (C=O) groups is 1. The number of anilines is 1. The summed E-state index contributed by atoms with van der Waals surface area (Å²) in [6.45, 7) is 7.35. The van der Waals surface area contributed by atoms with Gasteiger partial charge in [-0.25, -0.2) is 0 Å². The lowest BCUT2D eigenvalue weighted by atomic mass is 10.1. The van der Waals surface area contributed by atoms with Crippen molar-refractivity contribution in [1.29, 1.82) is 0 Å². The Morgan fingerprint density at radius 3 is 1.90 bits per heavy atom. The molecule has 7 heteroatoms. The van der Waals surface area contributed by atoms with E-state index in [1.54, 1.807) is 29.2 Å². The van der Waals surface area contributed by atoms with E-state index >= 15 is 0 Å². The lowest BCUT2D eigenvalue weighted by Crippen LogP contribution is -2.39. The van der Waals surface area contributed by atoms with Crippen LogP contribution in [0.4, 0.5) is 5.69 Å². The molecule has 0 bridgehead atoms. The Balaban J connectivity index is 2.44. The summed E-state index contributed by atoms with van der Waals surface area (Å²) in [7, 11) is 4.59. The van der Waals surface area contributed by atoms with Crippen molar-refractivity contribution in [3.63, 3.8) is 0 Å². The van der Waals surface area contributed by atoms with Crippen LogP contribution in [0.1, 0.15) is 24.2 Å². The third-order valence-electron chi connectivity index (χ3n) is 4.83. The van der Waals surface area contributed by atoms with Gasteiger partial charge in [0.15, 0.2) is 11.5 Å². The highest BCUT2D eigenvalue weighted by Gasteiger charge is 2.23. The summed E-state index contributed by atoms with van der Waals surface area (Å²) in [5.74, 6) is 1.18. The van der Waals surface area contributed by atoms with Crippen molar-refractivity contribution in [3.05, 3.63) is 47.0 Å². The van der Waals surface area contributed by atoms with Gasteiger partial charge in [-0.3, -0.25) is 4.79 Å². The molecule has 0 unspecified atom stereocenters. The number of nitrogens with zero attached hydrogens (tertiary/aromatic N) is 2. The monoisotopic (exact) mass is 420 g/mol. The number of ether oxygens (including phenoxy) is 3. The Labute approximate surface area is 177 Å². The second-order valence-corrected chi connectivity index (χ2v) is 6.81. The van der Waals surface area contributed by atoms with Crippen LogP contribution in [0.3, 0.4) is 0 Å². The van der Waals surface area contributed by atoms with Gasteiger partial charge in [0.05, 0.1) is 21.3 Å². The minimum atomic E-state index is -0.154. The predicted octanol–water partition coefficient (Wildman–Crippen LogP) is 4.35. The lowest BCUT2D eigenvalue weighted by Gasteiger charge is -2.27. The van der Waals surface area contributed by atoms with Crippen LogP contribution in [0.2, 0.25) is 5.02 Å². The van der Waals surface area contributed by atoms with E-state index in [0.717, 1.165) is 25.3 Å². The summed E-state index contributed by atoms with van der Waals surface area (Å²) < 4.78 is 16.2. The number of likely N-dealkylation sites (N-methyl/N-ethyl adjacent to an activating group) is 1. The highest BCUT2D eigenvalue weighted by Crippen LogP contribution is 2.38. The van der Waals surface area contributed by atoms with Gasteiger partial charge in [0.2, 0.25) is 5.75 Å². The number of benzene rings is 2. The number of rotatable bonds is 10. The van der Waals surface area contributed by atoms with Crippen molar-refractivity contribution in [2.24, 2.45) is 0 Å². The zero-order chi connectivity index (χ0) is 21.4. The molecule has 0 aliphatic carbocycles. The molecular weight excluding hydrogens is 392 g/mol. The maximum atomic E-state index is 13.5. The van der Waals surface area contributed by atoms with Gasteiger partial charge in [-0.2, -0.15) is 0 Å². The van der Waals surface area contributed by atoms with Crippen LogP contribution in [0.25, 0.3) is 0 Å². The molecule has 0 spiro atoms. The van der Waals surface area contributed by atoms with Crippen LogP contribution in [0, 0.1) is 0 Å². The van der Waals surface area contributed by atoms with Crippen molar-refractivity contribution in [1.82, 2.24) is 4.90 Å². The Morgan fingerprint density at radius 1 is 0.897 bits per heavy atom. The van der Waals surface area contributed by atoms with Crippen molar-refractivity contribution < 1.29 is 19.0 Å². The Hall–Kier alpha value is -2.44. The minimum Gasteiger partial charge on any atom is -0.493 e. The minimum absolute atomic E-state index is 0.154. The predicted molar refractivity (Wildman–Crippen MR) is 117 cm³/mol. The Kier molecular flexibility index (Phi) is 8.61. The van der Waals surface area contributed by atoms with Crippen molar-refractivity contribution in [2.75, 3.05) is 52.4 Å². The molecular formula is C22H29ClN2O4. The average Bonchev–Trinajstić information content (AvgIpc) is 2.76. The number of halogens is 1. The molecule has 2 aromatic carbocycles. The zero-order valence-corrected chi connectivity index (χ0v) is 18.5. The molecule has 158 valence electrons. The molecule has 2 rings (SSSR count). The van der Waals surface area contributed by atoms with Crippen LogP contribution in [-0.4, -0.2) is 58.3 Å². The van der Waals surface area contributed by atoms with Gasteiger partial charge in [-0.1, -0.05) is 25.4 Å². The van der Waals surface area contributed by atoms with Gasteiger partial charge < -0.3 is 24.0 Å². The summed E-state index contributed by atoms with van der Waals surface area (Å²) in [4.78, 5) is 17.5. The molecule has 6 nitrogen and oxygen atoms in total. The normalized spacial score (nSPS) is 10.7. The van der Waals surface area contributed by atoms with E-state index in [0.29, 0.717) is 34.4 Å². The maximum absolute atomic E-state index is 13.5. The molecule has 0 radical (unpaired) electrons. The van der Waals surface area contributed by atoms with Crippen LogP contribution >= 0.6 is 11.6 Å². The van der Waals surface area contributed by atoms with Gasteiger partial charge in [0, 0.05) is 29.4 Å². The van der Waals surface area contributed by atoms with Crippen molar-refractivity contribution in [2.45, 2.75) is 13.8 Å². The molecule has 0 atom stereocenters. The molecule has 0 aliphatic rings. The van der Waals surface area contributed by atoms with E-state index in [4.69, 9.17) is 25.8 Å². The Bertz CT molecular complexity index is 782. The molecule has 0 fully saturated rings. The summed E-state index contributed by atoms with van der Waals surface area (Å²) in [6.07, 6.45) is 0. The molecule has 0 heterocycles. The molecule has 0 saturated carbocycles. The highest BCUT2D eigenvalue weighted by molar-refractivity contribution is 6.30. The fourth-order valence-corrected chi connectivity index (χ4v) is 3.24. The van der Waals surface area contributed by atoms with Crippen LogP contribution < -0.4 is 19.1 Å². The first-order valence-electron chi connectivity index (χ1n) is 9.58. The van der Waals surface area contributed by atoms with Crippen LogP contribution in [0.5, 0.6) is 17.2 Å². The van der Waals surface area contributed by atoms with Crippen molar-refractivity contribution >= 4 is 23.2 Å². The quantitative estimate of drug-likeness (QED) is 0.571. The van der Waals surface area contributed by atoms with Crippen molar-refractivity contribution in [3.8, 4) is 17.2 Å². The molecule has 0 aromatic heterocycles. The van der Waals surface area contributed by atoms with E-state index in [1.165, 1.54) is 21.3 Å². The fraction of sp³-hybridized carbons (Fsp3) is 0.409. The van der Waals surface area contributed by atoms with E-state index in [1.807, 2.05) is 12.1 Å². The van der Waals surface area contributed by atoms with Crippen LogP contribution in [-0.2, 0) is 0 Å². The topological polar surface area (TPSA) is 51.2 Å². The summed E-state index contributed by atoms with van der Waals surface area (Å²) in [5.41, 5.74) is 1.23. The zero-order valence-electron chi connectivity index (χ0n) is 17.7. The maximum Gasteiger partial charge on any atom is 0.258 e. The number of amides is 1. The number of carbonyl (C=O) groups excluding carboxylic acids is 1. The summed E-state index contributed by atoms with van der Waals surface area (Å²) >= 11 is 6.04. The summed E-state index contributed by atoms with van der Waals surface area (Å²) in [5, 5.41) is 0.623. The molecule has 2 aromatic rings. The molecule has 0 saturated heterocycles. The first-order valence-corrected chi connectivity index (χ1v) is 9.96. The standard InChI is InChI=1S/C22H29ClN2O4/c1-6-24(7-2)12-13-25(18-10-8-17(23)9-11-18)22(26)16-14-19(27-3)21(29-5)20(15-16)28-4/h8-11,14-15H,6-7,12-13H2,1-5H3. The molecule has 29 heavy (non-hydrogen) atoms.